The van der Waals surface area contributed by atoms with Crippen LogP contribution >= 0.6 is 0 Å². The van der Waals surface area contributed by atoms with Gasteiger partial charge in [0.1, 0.15) is 5.75 Å². The molecule has 0 radical (unpaired) electrons. The second-order valence-electron chi connectivity index (χ2n) is 9.42. The SMILES string of the molecule is CCCN1CCCCCOc2ccc(C(=O)NCCCN(C)C)cc2Cc2cccc(c2)C1. The van der Waals surface area contributed by atoms with Crippen molar-refractivity contribution in [3.63, 3.8) is 0 Å². The molecule has 0 saturated carbocycles. The largest absolute Gasteiger partial charge is 0.493 e. The number of carbonyl (C=O) groups is 1. The summed E-state index contributed by atoms with van der Waals surface area (Å²) in [5.41, 5.74) is 4.40. The van der Waals surface area contributed by atoms with Gasteiger partial charge in [0, 0.05) is 25.1 Å². The second kappa shape index (κ2) is 13.4. The number of ether oxygens (including phenoxy) is 1. The fourth-order valence-electron chi connectivity index (χ4n) is 4.40. The van der Waals surface area contributed by atoms with Gasteiger partial charge < -0.3 is 15.0 Å². The molecule has 1 heterocycles. The zero-order chi connectivity index (χ0) is 23.5. The maximum Gasteiger partial charge on any atom is 0.251 e. The van der Waals surface area contributed by atoms with Crippen LogP contribution in [-0.4, -0.2) is 62.6 Å². The Balaban J connectivity index is 1.78. The number of fused-ring (bicyclic) bond motifs is 3. The number of rotatable bonds is 7. The normalized spacial score (nSPS) is 15.4. The molecule has 1 N–H and O–H groups in total. The maximum absolute atomic E-state index is 12.7. The van der Waals surface area contributed by atoms with Crippen LogP contribution in [0.2, 0.25) is 0 Å². The lowest BCUT2D eigenvalue weighted by molar-refractivity contribution is 0.0952. The van der Waals surface area contributed by atoms with Crippen LogP contribution in [0.25, 0.3) is 0 Å². The molecule has 1 aliphatic rings. The van der Waals surface area contributed by atoms with Gasteiger partial charge in [0.05, 0.1) is 6.61 Å². The van der Waals surface area contributed by atoms with Gasteiger partial charge in [-0.1, -0.05) is 31.2 Å². The van der Waals surface area contributed by atoms with Crippen molar-refractivity contribution < 1.29 is 9.53 Å². The molecular formula is C28H41N3O2. The highest BCUT2D eigenvalue weighted by atomic mass is 16.5. The number of nitrogens with one attached hydrogen (secondary N) is 1. The van der Waals surface area contributed by atoms with Gasteiger partial charge in [0.15, 0.2) is 0 Å². The fraction of sp³-hybridized carbons (Fsp3) is 0.536. The Kier molecular flexibility index (Phi) is 10.2. The summed E-state index contributed by atoms with van der Waals surface area (Å²) in [6, 6.07) is 14.8. The van der Waals surface area contributed by atoms with Gasteiger partial charge >= 0.3 is 0 Å². The molecule has 3 rings (SSSR count). The van der Waals surface area contributed by atoms with Crippen LogP contribution in [0.1, 0.15) is 66.1 Å². The van der Waals surface area contributed by atoms with Crippen LogP contribution in [0.3, 0.4) is 0 Å². The van der Waals surface area contributed by atoms with E-state index in [4.69, 9.17) is 4.74 Å². The summed E-state index contributed by atoms with van der Waals surface area (Å²) < 4.78 is 6.19. The molecule has 1 amide bonds. The molecule has 2 aromatic carbocycles. The smallest absolute Gasteiger partial charge is 0.251 e. The van der Waals surface area contributed by atoms with Crippen LogP contribution < -0.4 is 10.1 Å². The number of nitrogens with zero attached hydrogens (tertiary/aromatic N) is 2. The molecule has 2 aromatic rings. The van der Waals surface area contributed by atoms with Crippen molar-refractivity contribution in [1.29, 1.82) is 0 Å². The minimum atomic E-state index is -0.0140. The van der Waals surface area contributed by atoms with Crippen molar-refractivity contribution in [3.8, 4) is 5.75 Å². The standard InChI is InChI=1S/C28H41N3O2/c1-4-15-31-17-6-5-7-18-33-27-13-12-25(28(32)29-14-9-16-30(2)3)21-26(27)20-23-10-8-11-24(19-23)22-31/h8,10-13,19,21H,4-7,9,14-18,20,22H2,1-3H3,(H,29,32). The van der Waals surface area contributed by atoms with E-state index in [2.05, 4.69) is 46.3 Å². The first kappa shape index (κ1) is 25.3. The summed E-state index contributed by atoms with van der Waals surface area (Å²) in [7, 11) is 4.10. The van der Waals surface area contributed by atoms with Gasteiger partial charge in [0.2, 0.25) is 0 Å². The molecule has 0 aromatic heterocycles. The Hall–Kier alpha value is -2.37. The first-order valence-corrected chi connectivity index (χ1v) is 12.5. The Labute approximate surface area is 200 Å². The van der Waals surface area contributed by atoms with E-state index < -0.39 is 0 Å². The Morgan fingerprint density at radius 3 is 2.76 bits per heavy atom. The summed E-state index contributed by atoms with van der Waals surface area (Å²) in [6.07, 6.45) is 6.30. The molecule has 0 saturated heterocycles. The molecule has 180 valence electrons. The van der Waals surface area contributed by atoms with Gasteiger partial charge in [-0.05, 0) is 101 Å². The predicted molar refractivity (Wildman–Crippen MR) is 136 cm³/mol. The number of hydrogen-bond donors (Lipinski definition) is 1. The Bertz CT molecular complexity index is 881. The van der Waals surface area contributed by atoms with E-state index in [0.29, 0.717) is 12.1 Å². The lowest BCUT2D eigenvalue weighted by Crippen LogP contribution is -2.27. The van der Waals surface area contributed by atoms with Crippen molar-refractivity contribution in [2.24, 2.45) is 0 Å². The van der Waals surface area contributed by atoms with Crippen molar-refractivity contribution >= 4 is 5.91 Å². The van der Waals surface area contributed by atoms with E-state index >= 15 is 0 Å². The van der Waals surface area contributed by atoms with E-state index in [1.165, 1.54) is 30.4 Å². The highest BCUT2D eigenvalue weighted by Crippen LogP contribution is 2.25. The van der Waals surface area contributed by atoms with Gasteiger partial charge in [0.25, 0.3) is 5.91 Å². The minimum absolute atomic E-state index is 0.0140. The Morgan fingerprint density at radius 1 is 1.09 bits per heavy atom. The molecule has 2 bridgehead atoms. The summed E-state index contributed by atoms with van der Waals surface area (Å²) in [4.78, 5) is 17.4. The molecular weight excluding hydrogens is 410 g/mol. The average molecular weight is 452 g/mol. The molecule has 0 unspecified atom stereocenters. The lowest BCUT2D eigenvalue weighted by Gasteiger charge is -2.22. The molecule has 33 heavy (non-hydrogen) atoms. The summed E-state index contributed by atoms with van der Waals surface area (Å²) in [6.45, 7) is 7.89. The van der Waals surface area contributed by atoms with E-state index in [1.807, 2.05) is 32.3 Å². The number of amides is 1. The highest BCUT2D eigenvalue weighted by Gasteiger charge is 2.13. The highest BCUT2D eigenvalue weighted by molar-refractivity contribution is 5.94. The number of benzene rings is 2. The zero-order valence-corrected chi connectivity index (χ0v) is 20.7. The van der Waals surface area contributed by atoms with Crippen LogP contribution in [0, 0.1) is 0 Å². The van der Waals surface area contributed by atoms with Crippen molar-refractivity contribution in [2.45, 2.75) is 52.0 Å². The van der Waals surface area contributed by atoms with Crippen LogP contribution in [0.4, 0.5) is 0 Å². The quantitative estimate of drug-likeness (QED) is 0.618. The summed E-state index contributed by atoms with van der Waals surface area (Å²) >= 11 is 0. The van der Waals surface area contributed by atoms with Gasteiger partial charge in [-0.3, -0.25) is 9.69 Å². The number of carbonyl (C=O) groups excluding carboxylic acids is 1. The third kappa shape index (κ3) is 8.49. The van der Waals surface area contributed by atoms with Crippen LogP contribution in [0.5, 0.6) is 5.75 Å². The van der Waals surface area contributed by atoms with E-state index in [-0.39, 0.29) is 5.91 Å². The molecule has 5 nitrogen and oxygen atoms in total. The van der Waals surface area contributed by atoms with Crippen molar-refractivity contribution in [2.75, 3.05) is 46.9 Å². The van der Waals surface area contributed by atoms with Crippen LogP contribution in [-0.2, 0) is 13.0 Å². The molecule has 0 aliphatic carbocycles. The van der Waals surface area contributed by atoms with E-state index in [1.54, 1.807) is 0 Å². The third-order valence-corrected chi connectivity index (χ3v) is 6.10. The van der Waals surface area contributed by atoms with Crippen molar-refractivity contribution in [1.82, 2.24) is 15.1 Å². The van der Waals surface area contributed by atoms with Gasteiger partial charge in [-0.2, -0.15) is 0 Å². The minimum Gasteiger partial charge on any atom is -0.493 e. The summed E-state index contributed by atoms with van der Waals surface area (Å²) in [5, 5.41) is 3.06. The monoisotopic (exact) mass is 451 g/mol. The zero-order valence-electron chi connectivity index (χ0n) is 20.7. The summed E-state index contributed by atoms with van der Waals surface area (Å²) in [5.74, 6) is 0.883. The lowest BCUT2D eigenvalue weighted by atomic mass is 9.99. The fourth-order valence-corrected chi connectivity index (χ4v) is 4.40. The van der Waals surface area contributed by atoms with E-state index in [9.17, 15) is 4.79 Å². The van der Waals surface area contributed by atoms with Crippen molar-refractivity contribution in [3.05, 3.63) is 64.7 Å². The molecule has 1 aliphatic heterocycles. The third-order valence-electron chi connectivity index (χ3n) is 6.10. The molecule has 0 fully saturated rings. The van der Waals surface area contributed by atoms with E-state index in [0.717, 1.165) is 63.4 Å². The predicted octanol–water partition coefficient (Wildman–Crippen LogP) is 4.73. The number of hydrogen-bond acceptors (Lipinski definition) is 4. The maximum atomic E-state index is 12.7. The average Bonchev–Trinajstić information content (AvgIpc) is 2.79. The van der Waals surface area contributed by atoms with Gasteiger partial charge in [-0.15, -0.1) is 0 Å². The topological polar surface area (TPSA) is 44.8 Å². The Morgan fingerprint density at radius 2 is 1.94 bits per heavy atom. The van der Waals surface area contributed by atoms with Crippen LogP contribution in [0.15, 0.2) is 42.5 Å². The first-order chi connectivity index (χ1) is 16.0. The molecule has 5 heteroatoms. The molecule has 0 spiro atoms. The first-order valence-electron chi connectivity index (χ1n) is 12.5. The second-order valence-corrected chi connectivity index (χ2v) is 9.42. The molecule has 0 atom stereocenters. The van der Waals surface area contributed by atoms with Gasteiger partial charge in [-0.25, -0.2) is 0 Å².